The van der Waals surface area contributed by atoms with E-state index < -0.39 is 23.9 Å². The molecule has 0 bridgehead atoms. The van der Waals surface area contributed by atoms with Crippen LogP contribution in [-0.2, 0) is 19.2 Å². The van der Waals surface area contributed by atoms with Crippen molar-refractivity contribution >= 4 is 23.9 Å². The van der Waals surface area contributed by atoms with Gasteiger partial charge in [0.2, 0.25) is 0 Å². The molecule has 0 saturated carbocycles. The summed E-state index contributed by atoms with van der Waals surface area (Å²) < 4.78 is 0. The Balaban J connectivity index is 2.92. The number of carbonyl (C=O) groups is 4. The van der Waals surface area contributed by atoms with Crippen LogP contribution in [0, 0.1) is 0 Å². The normalized spacial score (nSPS) is 19.6. The maximum Gasteiger partial charge on any atom is 0.317 e. The maximum atomic E-state index is 11.2. The van der Waals surface area contributed by atoms with Gasteiger partial charge in [0.05, 0.1) is 32.8 Å². The Hall–Kier alpha value is -2.28. The summed E-state index contributed by atoms with van der Waals surface area (Å²) in [6.07, 6.45) is 1.00. The van der Waals surface area contributed by atoms with Crippen LogP contribution in [0.3, 0.4) is 0 Å². The van der Waals surface area contributed by atoms with Crippen molar-refractivity contribution in [2.75, 3.05) is 72.1 Å². The van der Waals surface area contributed by atoms with Crippen molar-refractivity contribution in [1.82, 2.24) is 19.6 Å². The largest absolute Gasteiger partial charge is 0.480 e. The predicted octanol–water partition coefficient (Wildman–Crippen LogP) is -1.72. The first kappa shape index (κ1) is 24.8. The zero-order chi connectivity index (χ0) is 21.8. The predicted molar refractivity (Wildman–Crippen MR) is 101 cm³/mol. The van der Waals surface area contributed by atoms with Gasteiger partial charge in [-0.3, -0.25) is 38.8 Å². The Kier molecular flexibility index (Phi) is 11.1. The summed E-state index contributed by atoms with van der Waals surface area (Å²) in [5.74, 6) is -4.04. The van der Waals surface area contributed by atoms with Gasteiger partial charge in [0.25, 0.3) is 0 Å². The van der Waals surface area contributed by atoms with Crippen molar-refractivity contribution < 1.29 is 39.6 Å². The minimum atomic E-state index is -1.03. The number of hydrogen-bond acceptors (Lipinski definition) is 8. The van der Waals surface area contributed by atoms with E-state index in [0.717, 1.165) is 0 Å². The van der Waals surface area contributed by atoms with Crippen molar-refractivity contribution in [2.45, 2.75) is 12.8 Å². The SMILES string of the molecule is O=C(O)CN1CCCN(CC(=O)O)CN(CC(=O)O)CCCN(CC(=O)O)CC1. The van der Waals surface area contributed by atoms with Crippen LogP contribution in [0.2, 0.25) is 0 Å². The van der Waals surface area contributed by atoms with Gasteiger partial charge < -0.3 is 20.4 Å². The molecule has 1 saturated heterocycles. The molecular formula is C17H30N4O8. The van der Waals surface area contributed by atoms with E-state index in [4.69, 9.17) is 20.4 Å². The van der Waals surface area contributed by atoms with Crippen LogP contribution in [0.15, 0.2) is 0 Å². The summed E-state index contributed by atoms with van der Waals surface area (Å²) >= 11 is 0. The van der Waals surface area contributed by atoms with Crippen molar-refractivity contribution in [2.24, 2.45) is 0 Å². The fourth-order valence-corrected chi connectivity index (χ4v) is 3.31. The molecule has 29 heavy (non-hydrogen) atoms. The first-order chi connectivity index (χ1) is 13.7. The molecule has 0 radical (unpaired) electrons. The molecule has 12 nitrogen and oxygen atoms in total. The highest BCUT2D eigenvalue weighted by Gasteiger charge is 2.20. The molecule has 1 heterocycles. The van der Waals surface area contributed by atoms with Gasteiger partial charge in [-0.2, -0.15) is 0 Å². The fraction of sp³-hybridized carbons (Fsp3) is 0.765. The molecule has 0 aliphatic carbocycles. The van der Waals surface area contributed by atoms with Gasteiger partial charge in [-0.15, -0.1) is 0 Å². The summed E-state index contributed by atoms with van der Waals surface area (Å²) in [7, 11) is 0. The molecule has 0 spiro atoms. The van der Waals surface area contributed by atoms with E-state index in [1.165, 1.54) is 0 Å². The lowest BCUT2D eigenvalue weighted by Crippen LogP contribution is -2.44. The molecule has 0 amide bonds. The lowest BCUT2D eigenvalue weighted by Gasteiger charge is -2.29. The van der Waals surface area contributed by atoms with Gasteiger partial charge in [-0.05, 0) is 12.8 Å². The summed E-state index contributed by atoms with van der Waals surface area (Å²) in [5.41, 5.74) is 0. The molecule has 1 rings (SSSR count). The van der Waals surface area contributed by atoms with Crippen LogP contribution < -0.4 is 0 Å². The van der Waals surface area contributed by atoms with E-state index >= 15 is 0 Å². The highest BCUT2D eigenvalue weighted by atomic mass is 16.4. The lowest BCUT2D eigenvalue weighted by molar-refractivity contribution is -0.140. The molecule has 1 aliphatic rings. The van der Waals surface area contributed by atoms with Crippen LogP contribution in [0.25, 0.3) is 0 Å². The minimum Gasteiger partial charge on any atom is -0.480 e. The van der Waals surface area contributed by atoms with Crippen LogP contribution >= 0.6 is 0 Å². The average molecular weight is 418 g/mol. The van der Waals surface area contributed by atoms with Gasteiger partial charge in [-0.25, -0.2) is 0 Å². The van der Waals surface area contributed by atoms with Crippen molar-refractivity contribution in [3.63, 3.8) is 0 Å². The van der Waals surface area contributed by atoms with Crippen molar-refractivity contribution in [1.29, 1.82) is 0 Å². The van der Waals surface area contributed by atoms with Crippen molar-refractivity contribution in [3.05, 3.63) is 0 Å². The number of carboxylic acids is 4. The average Bonchev–Trinajstić information content (AvgIpc) is 2.57. The van der Waals surface area contributed by atoms with E-state index in [1.54, 1.807) is 19.6 Å². The zero-order valence-electron chi connectivity index (χ0n) is 16.4. The third-order valence-corrected chi connectivity index (χ3v) is 4.47. The molecule has 1 aliphatic heterocycles. The van der Waals surface area contributed by atoms with Crippen LogP contribution in [0.1, 0.15) is 12.8 Å². The molecule has 1 fully saturated rings. The van der Waals surface area contributed by atoms with Crippen LogP contribution in [0.4, 0.5) is 0 Å². The van der Waals surface area contributed by atoms with E-state index in [0.29, 0.717) is 52.1 Å². The second-order valence-corrected chi connectivity index (χ2v) is 7.08. The smallest absolute Gasteiger partial charge is 0.317 e. The van der Waals surface area contributed by atoms with E-state index in [2.05, 4.69) is 0 Å². The molecule has 0 aromatic carbocycles. The molecule has 0 aromatic rings. The summed E-state index contributed by atoms with van der Waals surface area (Å²) in [5, 5.41) is 36.5. The van der Waals surface area contributed by atoms with Gasteiger partial charge in [-0.1, -0.05) is 0 Å². The van der Waals surface area contributed by atoms with Gasteiger partial charge in [0, 0.05) is 39.3 Å². The first-order valence-electron chi connectivity index (χ1n) is 9.42. The Bertz CT molecular complexity index is 526. The minimum absolute atomic E-state index is 0.149. The number of rotatable bonds is 8. The lowest BCUT2D eigenvalue weighted by atomic mass is 10.3. The van der Waals surface area contributed by atoms with E-state index in [9.17, 15) is 19.2 Å². The van der Waals surface area contributed by atoms with Crippen molar-refractivity contribution in [3.8, 4) is 0 Å². The Morgan fingerprint density at radius 3 is 1.07 bits per heavy atom. The Labute approximate surface area is 168 Å². The first-order valence-corrected chi connectivity index (χ1v) is 9.42. The summed E-state index contributed by atoms with van der Waals surface area (Å²) in [6, 6.07) is 0. The third-order valence-electron chi connectivity index (χ3n) is 4.47. The molecular weight excluding hydrogens is 388 g/mol. The van der Waals surface area contributed by atoms with E-state index in [-0.39, 0.29) is 32.8 Å². The quantitative estimate of drug-likeness (QED) is 0.353. The topological polar surface area (TPSA) is 162 Å². The van der Waals surface area contributed by atoms with Gasteiger partial charge in [0.1, 0.15) is 0 Å². The molecule has 0 aromatic heterocycles. The fourth-order valence-electron chi connectivity index (χ4n) is 3.31. The second kappa shape index (κ2) is 13.0. The molecule has 166 valence electrons. The van der Waals surface area contributed by atoms with Gasteiger partial charge in [0.15, 0.2) is 0 Å². The number of nitrogens with zero attached hydrogens (tertiary/aromatic N) is 4. The van der Waals surface area contributed by atoms with E-state index in [1.807, 2.05) is 0 Å². The number of carboxylic acid groups (broad SMARTS) is 4. The van der Waals surface area contributed by atoms with Crippen LogP contribution in [0.5, 0.6) is 0 Å². The number of aliphatic carboxylic acids is 4. The highest BCUT2D eigenvalue weighted by Crippen LogP contribution is 2.04. The Morgan fingerprint density at radius 1 is 0.483 bits per heavy atom. The monoisotopic (exact) mass is 418 g/mol. The number of hydrogen-bond donors (Lipinski definition) is 4. The molecule has 0 atom stereocenters. The summed E-state index contributed by atoms with van der Waals surface area (Å²) in [6.45, 7) is 1.57. The molecule has 4 N–H and O–H groups in total. The summed E-state index contributed by atoms with van der Waals surface area (Å²) in [4.78, 5) is 51.2. The van der Waals surface area contributed by atoms with Gasteiger partial charge >= 0.3 is 23.9 Å². The zero-order valence-corrected chi connectivity index (χ0v) is 16.4. The Morgan fingerprint density at radius 2 is 0.759 bits per heavy atom. The second-order valence-electron chi connectivity index (χ2n) is 7.08. The third kappa shape index (κ3) is 12.0. The molecule has 0 unspecified atom stereocenters. The highest BCUT2D eigenvalue weighted by molar-refractivity contribution is 5.70. The maximum absolute atomic E-state index is 11.2. The van der Waals surface area contributed by atoms with Crippen LogP contribution in [-0.4, -0.2) is 136 Å². The molecule has 12 heteroatoms. The standard InChI is InChI=1S/C17H30N4O8/c22-14(23)9-18-3-1-5-20(11-16(26)27)13-21(12-17(28)29)6-2-4-19(8-7-18)10-15(24)25/h1-13H2,(H,22,23)(H,24,25)(H,26,27)(H,28,29).